The topological polar surface area (TPSA) is 72.6 Å². The summed E-state index contributed by atoms with van der Waals surface area (Å²) in [5.74, 6) is 0.224. The first-order valence-electron chi connectivity index (χ1n) is 6.06. The van der Waals surface area contributed by atoms with E-state index in [0.717, 1.165) is 10.6 Å². The highest BCUT2D eigenvalue weighted by Crippen LogP contribution is 2.40. The van der Waals surface area contributed by atoms with Crippen LogP contribution in [0.4, 0.5) is 11.4 Å². The first-order valence-corrected chi connectivity index (χ1v) is 7.05. The van der Waals surface area contributed by atoms with Gasteiger partial charge in [-0.05, 0) is 19.1 Å². The number of anilines is 2. The molecule has 19 heavy (non-hydrogen) atoms. The minimum absolute atomic E-state index is 0.0994. The van der Waals surface area contributed by atoms with Crippen LogP contribution in [0, 0.1) is 0 Å². The third kappa shape index (κ3) is 2.53. The third-order valence-electron chi connectivity index (χ3n) is 2.88. The molecule has 1 amide bonds. The summed E-state index contributed by atoms with van der Waals surface area (Å²) in [6.07, 6.45) is 0. The van der Waals surface area contributed by atoms with E-state index < -0.39 is 5.97 Å². The molecule has 0 saturated carbocycles. The van der Waals surface area contributed by atoms with Gasteiger partial charge in [-0.3, -0.25) is 4.79 Å². The zero-order valence-corrected chi connectivity index (χ0v) is 11.8. The number of esters is 1. The molecule has 0 unspecified atom stereocenters. The lowest BCUT2D eigenvalue weighted by Gasteiger charge is -2.30. The third-order valence-corrected chi connectivity index (χ3v) is 3.90. The molecule has 102 valence electrons. The Morgan fingerprint density at radius 2 is 2.21 bits per heavy atom. The van der Waals surface area contributed by atoms with Crippen molar-refractivity contribution >= 4 is 35.0 Å². The van der Waals surface area contributed by atoms with Gasteiger partial charge in [0.15, 0.2) is 0 Å². The van der Waals surface area contributed by atoms with Crippen molar-refractivity contribution in [2.24, 2.45) is 0 Å². The normalized spacial score (nSPS) is 13.9. The number of hydrogen-bond acceptors (Lipinski definition) is 5. The Morgan fingerprint density at radius 1 is 1.47 bits per heavy atom. The molecule has 1 heterocycles. The van der Waals surface area contributed by atoms with Crippen LogP contribution in [-0.4, -0.2) is 30.8 Å². The quantitative estimate of drug-likeness (QED) is 0.661. The van der Waals surface area contributed by atoms with Gasteiger partial charge in [0, 0.05) is 29.8 Å². The second-order valence-electron chi connectivity index (χ2n) is 4.12. The summed E-state index contributed by atoms with van der Waals surface area (Å²) in [6.45, 7) is 4.07. The van der Waals surface area contributed by atoms with Crippen molar-refractivity contribution < 1.29 is 14.3 Å². The van der Waals surface area contributed by atoms with Gasteiger partial charge in [-0.2, -0.15) is 0 Å². The maximum Gasteiger partial charge on any atom is 0.342 e. The maximum atomic E-state index is 12.1. The van der Waals surface area contributed by atoms with Crippen LogP contribution in [0.2, 0.25) is 0 Å². The minimum atomic E-state index is -0.481. The van der Waals surface area contributed by atoms with Gasteiger partial charge in [0.1, 0.15) is 5.56 Å². The van der Waals surface area contributed by atoms with Crippen LogP contribution in [0.5, 0.6) is 0 Å². The van der Waals surface area contributed by atoms with Gasteiger partial charge < -0.3 is 15.4 Å². The van der Waals surface area contributed by atoms with E-state index in [9.17, 15) is 9.59 Å². The van der Waals surface area contributed by atoms with E-state index in [1.54, 1.807) is 29.7 Å². The van der Waals surface area contributed by atoms with E-state index >= 15 is 0 Å². The van der Waals surface area contributed by atoms with Crippen molar-refractivity contribution in [3.8, 4) is 0 Å². The van der Waals surface area contributed by atoms with Crippen LogP contribution in [0.3, 0.4) is 0 Å². The number of nitrogens with zero attached hydrogens (tertiary/aromatic N) is 1. The summed E-state index contributed by atoms with van der Waals surface area (Å²) in [7, 11) is 0. The Hall–Kier alpha value is -1.69. The molecule has 0 spiro atoms. The molecule has 1 aliphatic heterocycles. The minimum Gasteiger partial charge on any atom is -0.462 e. The SMILES string of the molecule is CCOC(=O)c1c(N)ccc2c1N(C(C)=O)CCS2. The fourth-order valence-corrected chi connectivity index (χ4v) is 3.07. The lowest BCUT2D eigenvalue weighted by Crippen LogP contribution is -2.35. The Morgan fingerprint density at radius 3 is 2.84 bits per heavy atom. The summed E-state index contributed by atoms with van der Waals surface area (Å²) in [4.78, 5) is 26.3. The van der Waals surface area contributed by atoms with Gasteiger partial charge >= 0.3 is 5.97 Å². The van der Waals surface area contributed by atoms with Crippen molar-refractivity contribution in [1.82, 2.24) is 0 Å². The van der Waals surface area contributed by atoms with Gasteiger partial charge in [0.2, 0.25) is 5.91 Å². The van der Waals surface area contributed by atoms with Crippen molar-refractivity contribution in [3.05, 3.63) is 17.7 Å². The Balaban J connectivity index is 2.59. The molecule has 6 heteroatoms. The Kier molecular flexibility index (Phi) is 3.99. The number of fused-ring (bicyclic) bond motifs is 1. The molecule has 0 saturated heterocycles. The lowest BCUT2D eigenvalue weighted by molar-refractivity contribution is -0.116. The van der Waals surface area contributed by atoms with Crippen molar-refractivity contribution in [1.29, 1.82) is 0 Å². The number of benzene rings is 1. The highest BCUT2D eigenvalue weighted by Gasteiger charge is 2.28. The van der Waals surface area contributed by atoms with Gasteiger partial charge in [0.25, 0.3) is 0 Å². The molecule has 1 aromatic carbocycles. The number of hydrogen-bond donors (Lipinski definition) is 1. The Bertz CT molecular complexity index is 531. The van der Waals surface area contributed by atoms with Crippen molar-refractivity contribution in [3.63, 3.8) is 0 Å². The molecule has 0 atom stereocenters. The van der Waals surface area contributed by atoms with Crippen LogP contribution in [0.1, 0.15) is 24.2 Å². The fourth-order valence-electron chi connectivity index (χ4n) is 2.06. The second kappa shape index (κ2) is 5.52. The Labute approximate surface area is 116 Å². The number of thioether (sulfide) groups is 1. The molecule has 1 aromatic rings. The number of nitrogens with two attached hydrogens (primary N) is 1. The molecule has 0 bridgehead atoms. The number of ether oxygens (including phenoxy) is 1. The van der Waals surface area contributed by atoms with Crippen LogP contribution in [0.25, 0.3) is 0 Å². The monoisotopic (exact) mass is 280 g/mol. The van der Waals surface area contributed by atoms with E-state index in [0.29, 0.717) is 23.5 Å². The van der Waals surface area contributed by atoms with Crippen LogP contribution in [-0.2, 0) is 9.53 Å². The highest BCUT2D eigenvalue weighted by molar-refractivity contribution is 7.99. The van der Waals surface area contributed by atoms with Crippen molar-refractivity contribution in [2.75, 3.05) is 29.5 Å². The second-order valence-corrected chi connectivity index (χ2v) is 5.25. The van der Waals surface area contributed by atoms with Gasteiger partial charge in [0.05, 0.1) is 12.3 Å². The number of amides is 1. The van der Waals surface area contributed by atoms with Gasteiger partial charge in [-0.1, -0.05) is 0 Å². The smallest absolute Gasteiger partial charge is 0.342 e. The van der Waals surface area contributed by atoms with Gasteiger partial charge in [-0.25, -0.2) is 4.79 Å². The molecule has 0 fully saturated rings. The molecule has 0 aromatic heterocycles. The van der Waals surface area contributed by atoms with E-state index in [1.165, 1.54) is 6.92 Å². The molecule has 0 radical (unpaired) electrons. The van der Waals surface area contributed by atoms with Gasteiger partial charge in [-0.15, -0.1) is 11.8 Å². The average Bonchev–Trinajstić information content (AvgIpc) is 2.37. The summed E-state index contributed by atoms with van der Waals surface area (Å²) < 4.78 is 5.04. The number of nitrogen functional groups attached to an aromatic ring is 1. The molecule has 0 aliphatic carbocycles. The summed E-state index contributed by atoms with van der Waals surface area (Å²) in [5.41, 5.74) is 7.11. The number of carbonyl (C=O) groups is 2. The average molecular weight is 280 g/mol. The molecule has 1 aliphatic rings. The lowest BCUT2D eigenvalue weighted by atomic mass is 10.1. The van der Waals surface area contributed by atoms with Crippen molar-refractivity contribution in [2.45, 2.75) is 18.7 Å². The maximum absolute atomic E-state index is 12.1. The molecular formula is C13H16N2O3S. The predicted octanol–water partition coefficient (Wildman–Crippen LogP) is 1.90. The molecular weight excluding hydrogens is 264 g/mol. The van der Waals surface area contributed by atoms with E-state index in [1.807, 2.05) is 6.07 Å². The van der Waals surface area contributed by atoms with E-state index in [4.69, 9.17) is 10.5 Å². The zero-order valence-electron chi connectivity index (χ0n) is 10.9. The van der Waals surface area contributed by atoms with Crippen LogP contribution < -0.4 is 10.6 Å². The summed E-state index contributed by atoms with van der Waals surface area (Å²) in [5, 5.41) is 0. The highest BCUT2D eigenvalue weighted by atomic mass is 32.2. The number of rotatable bonds is 2. The first-order chi connectivity index (χ1) is 9.06. The number of carbonyl (C=O) groups excluding carboxylic acids is 2. The molecule has 5 nitrogen and oxygen atoms in total. The van der Waals surface area contributed by atoms with Crippen LogP contribution in [0.15, 0.2) is 17.0 Å². The summed E-state index contributed by atoms with van der Waals surface area (Å²) in [6, 6.07) is 3.52. The summed E-state index contributed by atoms with van der Waals surface area (Å²) >= 11 is 1.61. The zero-order chi connectivity index (χ0) is 14.0. The first kappa shape index (κ1) is 13.7. The van der Waals surface area contributed by atoms with E-state index in [-0.39, 0.29) is 12.5 Å². The van der Waals surface area contributed by atoms with E-state index in [2.05, 4.69) is 0 Å². The fraction of sp³-hybridized carbons (Fsp3) is 0.385. The largest absolute Gasteiger partial charge is 0.462 e. The molecule has 2 rings (SSSR count). The van der Waals surface area contributed by atoms with Crippen LogP contribution >= 0.6 is 11.8 Å². The predicted molar refractivity (Wildman–Crippen MR) is 75.6 cm³/mol. The molecule has 2 N–H and O–H groups in total. The standard InChI is InChI=1S/C13H16N2O3S/c1-3-18-13(17)11-9(14)4-5-10-12(11)15(8(2)16)6-7-19-10/h4-5H,3,6-7,14H2,1-2H3.